The highest BCUT2D eigenvalue weighted by molar-refractivity contribution is 7.76. The van der Waals surface area contributed by atoms with Crippen LogP contribution in [0.15, 0.2) is 18.3 Å². The van der Waals surface area contributed by atoms with Crippen LogP contribution in [0.5, 0.6) is 5.88 Å². The Hall–Kier alpha value is -0.860. The fourth-order valence-corrected chi connectivity index (χ4v) is 1.75. The number of carbonyl (C=O) groups excluding carboxylic acids is 1. The minimum absolute atomic E-state index is 0.245. The number of hydrogen-bond donors (Lipinski definition) is 0. The van der Waals surface area contributed by atoms with Gasteiger partial charge in [0.15, 0.2) is 0 Å². The molecule has 0 saturated carbocycles. The summed E-state index contributed by atoms with van der Waals surface area (Å²) in [7, 11) is -1.66. The standard InChI is InChI=1S/C6H3ClNO3P/c7-12-10-5-4(6(9)11-12)2-1-3-8-5/h1-3H. The number of carbonyl (C=O) groups is 1. The number of nitrogens with zero attached hydrogens (tertiary/aromatic N) is 1. The molecule has 1 atom stereocenters. The lowest BCUT2D eigenvalue weighted by atomic mass is 10.3. The molecule has 1 aliphatic rings. The Morgan fingerprint density at radius 1 is 1.50 bits per heavy atom. The van der Waals surface area contributed by atoms with Gasteiger partial charge < -0.3 is 9.05 Å². The molecule has 2 heterocycles. The highest BCUT2D eigenvalue weighted by atomic mass is 35.7. The van der Waals surface area contributed by atoms with Gasteiger partial charge in [-0.25, -0.2) is 9.78 Å². The minimum atomic E-state index is -1.66. The van der Waals surface area contributed by atoms with E-state index in [1.165, 1.54) is 6.20 Å². The summed E-state index contributed by atoms with van der Waals surface area (Å²) in [5.74, 6) is -0.236. The quantitative estimate of drug-likeness (QED) is 0.606. The number of pyridine rings is 1. The number of aromatic nitrogens is 1. The van der Waals surface area contributed by atoms with Crippen LogP contribution in [-0.4, -0.2) is 11.0 Å². The summed E-state index contributed by atoms with van der Waals surface area (Å²) < 4.78 is 9.62. The predicted molar refractivity (Wildman–Crippen MR) is 43.1 cm³/mol. The van der Waals surface area contributed by atoms with Crippen molar-refractivity contribution in [1.29, 1.82) is 0 Å². The third-order valence-electron chi connectivity index (χ3n) is 1.30. The van der Waals surface area contributed by atoms with Crippen LogP contribution in [0.4, 0.5) is 0 Å². The lowest BCUT2D eigenvalue weighted by Gasteiger charge is -2.17. The number of rotatable bonds is 0. The van der Waals surface area contributed by atoms with Crippen molar-refractivity contribution in [1.82, 2.24) is 4.98 Å². The van der Waals surface area contributed by atoms with Gasteiger partial charge in [0.25, 0.3) is 0 Å². The summed E-state index contributed by atoms with van der Waals surface area (Å²) in [4.78, 5) is 14.9. The molecule has 0 aromatic carbocycles. The first-order valence-electron chi connectivity index (χ1n) is 3.08. The highest BCUT2D eigenvalue weighted by Crippen LogP contribution is 2.48. The van der Waals surface area contributed by atoms with Gasteiger partial charge in [-0.15, -0.1) is 0 Å². The van der Waals surface area contributed by atoms with Gasteiger partial charge >= 0.3 is 13.7 Å². The molecule has 62 valence electrons. The Labute approximate surface area is 74.2 Å². The van der Waals surface area contributed by atoms with E-state index in [2.05, 4.69) is 9.51 Å². The van der Waals surface area contributed by atoms with Gasteiger partial charge in [0.05, 0.1) is 0 Å². The third-order valence-corrected chi connectivity index (χ3v) is 2.34. The van der Waals surface area contributed by atoms with E-state index < -0.39 is 13.7 Å². The Balaban J connectivity index is 2.47. The molecule has 0 N–H and O–H groups in total. The van der Waals surface area contributed by atoms with Crippen molar-refractivity contribution in [2.75, 3.05) is 0 Å². The zero-order valence-electron chi connectivity index (χ0n) is 5.73. The molecule has 4 nitrogen and oxygen atoms in total. The Bertz CT molecular complexity index is 332. The largest absolute Gasteiger partial charge is 0.408 e. The highest BCUT2D eigenvalue weighted by Gasteiger charge is 2.28. The minimum Gasteiger partial charge on any atom is -0.408 e. The maximum Gasteiger partial charge on any atom is 0.404 e. The molecular weight excluding hydrogens is 200 g/mol. The fourth-order valence-electron chi connectivity index (χ4n) is 0.820. The van der Waals surface area contributed by atoms with Crippen LogP contribution in [0.1, 0.15) is 10.4 Å². The molecule has 0 radical (unpaired) electrons. The van der Waals surface area contributed by atoms with E-state index in [0.29, 0.717) is 5.56 Å². The van der Waals surface area contributed by atoms with Crippen LogP contribution in [0.2, 0.25) is 0 Å². The molecule has 0 spiro atoms. The summed E-state index contributed by atoms with van der Waals surface area (Å²) in [6, 6.07) is 3.20. The van der Waals surface area contributed by atoms with E-state index in [1.54, 1.807) is 12.1 Å². The average molecular weight is 204 g/mol. The molecule has 12 heavy (non-hydrogen) atoms. The second-order valence-corrected chi connectivity index (χ2v) is 3.66. The van der Waals surface area contributed by atoms with Crippen molar-refractivity contribution >= 4 is 24.9 Å². The van der Waals surface area contributed by atoms with Crippen LogP contribution in [0.3, 0.4) is 0 Å². The molecule has 6 heteroatoms. The van der Waals surface area contributed by atoms with E-state index in [1.807, 2.05) is 0 Å². The molecule has 1 aliphatic heterocycles. The second-order valence-electron chi connectivity index (χ2n) is 2.04. The molecule has 0 saturated heterocycles. The Kier molecular flexibility index (Phi) is 1.87. The van der Waals surface area contributed by atoms with Gasteiger partial charge in [-0.05, 0) is 23.4 Å². The third kappa shape index (κ3) is 1.24. The summed E-state index contributed by atoms with van der Waals surface area (Å²) in [5.41, 5.74) is 0.317. The Morgan fingerprint density at radius 2 is 2.33 bits per heavy atom. The molecule has 1 aromatic heterocycles. The number of fused-ring (bicyclic) bond motifs is 1. The summed E-state index contributed by atoms with van der Waals surface area (Å²) in [6.45, 7) is 0. The van der Waals surface area contributed by atoms with E-state index in [9.17, 15) is 4.79 Å². The summed E-state index contributed by atoms with van der Waals surface area (Å²) >= 11 is 5.50. The molecular formula is C6H3ClNO3P. The summed E-state index contributed by atoms with van der Waals surface area (Å²) in [6.07, 6.45) is 1.53. The smallest absolute Gasteiger partial charge is 0.404 e. The fraction of sp³-hybridized carbons (Fsp3) is 0. The molecule has 0 bridgehead atoms. The Morgan fingerprint density at radius 3 is 3.17 bits per heavy atom. The molecule has 0 fully saturated rings. The average Bonchev–Trinajstić information content (AvgIpc) is 2.04. The van der Waals surface area contributed by atoms with Gasteiger partial charge in [0, 0.05) is 6.20 Å². The normalized spacial score (nSPS) is 20.8. The van der Waals surface area contributed by atoms with Gasteiger partial charge in [-0.2, -0.15) is 0 Å². The van der Waals surface area contributed by atoms with Gasteiger partial charge in [0.2, 0.25) is 5.88 Å². The topological polar surface area (TPSA) is 48.4 Å². The van der Waals surface area contributed by atoms with Crippen LogP contribution < -0.4 is 4.52 Å². The van der Waals surface area contributed by atoms with Crippen molar-refractivity contribution in [3.8, 4) is 5.88 Å². The van der Waals surface area contributed by atoms with E-state index in [-0.39, 0.29) is 5.88 Å². The molecule has 2 rings (SSSR count). The maximum absolute atomic E-state index is 11.1. The van der Waals surface area contributed by atoms with Crippen LogP contribution in [0.25, 0.3) is 0 Å². The van der Waals surface area contributed by atoms with Crippen LogP contribution in [0, 0.1) is 0 Å². The van der Waals surface area contributed by atoms with Crippen LogP contribution in [-0.2, 0) is 4.52 Å². The monoisotopic (exact) mass is 203 g/mol. The zero-order chi connectivity index (χ0) is 8.55. The molecule has 0 aliphatic carbocycles. The lowest BCUT2D eigenvalue weighted by Crippen LogP contribution is -2.10. The van der Waals surface area contributed by atoms with Crippen molar-refractivity contribution < 1.29 is 13.8 Å². The van der Waals surface area contributed by atoms with Gasteiger partial charge in [-0.1, -0.05) is 0 Å². The van der Waals surface area contributed by atoms with E-state index >= 15 is 0 Å². The van der Waals surface area contributed by atoms with Crippen LogP contribution >= 0.6 is 19.0 Å². The van der Waals surface area contributed by atoms with E-state index in [4.69, 9.17) is 15.8 Å². The first kappa shape index (κ1) is 7.77. The first-order chi connectivity index (χ1) is 5.77. The SMILES string of the molecule is O=C1OP(Cl)Oc2ncccc21. The van der Waals surface area contributed by atoms with Crippen molar-refractivity contribution in [2.45, 2.75) is 0 Å². The van der Waals surface area contributed by atoms with Crippen molar-refractivity contribution in [3.63, 3.8) is 0 Å². The van der Waals surface area contributed by atoms with Crippen molar-refractivity contribution in [2.24, 2.45) is 0 Å². The second kappa shape index (κ2) is 2.88. The van der Waals surface area contributed by atoms with E-state index in [0.717, 1.165) is 0 Å². The van der Waals surface area contributed by atoms with Gasteiger partial charge in [-0.3, -0.25) is 0 Å². The number of halogens is 1. The zero-order valence-corrected chi connectivity index (χ0v) is 7.38. The molecule has 1 unspecified atom stereocenters. The van der Waals surface area contributed by atoms with Crippen molar-refractivity contribution in [3.05, 3.63) is 23.9 Å². The maximum atomic E-state index is 11.1. The first-order valence-corrected chi connectivity index (χ1v) is 5.17. The summed E-state index contributed by atoms with van der Waals surface area (Å²) in [5, 5.41) is 0. The van der Waals surface area contributed by atoms with Gasteiger partial charge in [0.1, 0.15) is 5.56 Å². The molecule has 0 amide bonds. The number of hydrogen-bond acceptors (Lipinski definition) is 4. The predicted octanol–water partition coefficient (Wildman–Crippen LogP) is 2.10. The molecule has 1 aromatic rings. The lowest BCUT2D eigenvalue weighted by molar-refractivity contribution is 0.0726.